The minimum Gasteiger partial charge on any atom is -0.496 e. The molecule has 0 spiro atoms. The van der Waals surface area contributed by atoms with Crippen molar-refractivity contribution in [2.45, 2.75) is 30.0 Å². The maximum Gasteiger partial charge on any atom is 0.227 e. The second-order valence-corrected chi connectivity index (χ2v) is 12.3. The summed E-state index contributed by atoms with van der Waals surface area (Å²) in [5, 5.41) is 27.1. The van der Waals surface area contributed by atoms with Gasteiger partial charge < -0.3 is 19.8 Å². The summed E-state index contributed by atoms with van der Waals surface area (Å²) in [4.78, 5) is 16.1. The molecule has 1 aliphatic heterocycles. The Morgan fingerprint density at radius 2 is 1.36 bits per heavy atom. The molecule has 1 saturated carbocycles. The Hall–Kier alpha value is -4.45. The van der Waals surface area contributed by atoms with Crippen molar-refractivity contribution in [3.63, 3.8) is 0 Å². The first-order valence-electron chi connectivity index (χ1n) is 15.4. The first-order valence-corrected chi connectivity index (χ1v) is 15.4. The lowest BCUT2D eigenvalue weighted by atomic mass is 9.51. The third-order valence-corrected chi connectivity index (χ3v) is 10.2. The number of carbonyl (C=O) groups is 1. The molecule has 5 aromatic rings. The van der Waals surface area contributed by atoms with Gasteiger partial charge in [0.25, 0.3) is 0 Å². The highest BCUT2D eigenvalue weighted by Crippen LogP contribution is 2.60. The summed E-state index contributed by atoms with van der Waals surface area (Å²) < 4.78 is 5.72. The number of nitrogens with zero attached hydrogens (tertiary/aromatic N) is 1. The zero-order chi connectivity index (χ0) is 30.3. The van der Waals surface area contributed by atoms with Crippen LogP contribution in [-0.4, -0.2) is 47.3 Å². The Labute approximate surface area is 258 Å². The number of benzene rings is 5. The molecule has 1 saturated heterocycles. The zero-order valence-corrected chi connectivity index (χ0v) is 24.8. The van der Waals surface area contributed by atoms with E-state index in [1.54, 1.807) is 7.11 Å². The van der Waals surface area contributed by atoms with E-state index in [1.165, 1.54) is 0 Å². The molecule has 0 aromatic heterocycles. The van der Waals surface area contributed by atoms with Crippen LogP contribution in [0.15, 0.2) is 127 Å². The van der Waals surface area contributed by atoms with Gasteiger partial charge in [0.05, 0.1) is 19.6 Å². The monoisotopic (exact) mass is 583 g/mol. The number of carbonyl (C=O) groups excluding carboxylic acids is 1. The van der Waals surface area contributed by atoms with Gasteiger partial charge in [-0.1, -0.05) is 121 Å². The van der Waals surface area contributed by atoms with Gasteiger partial charge in [-0.05, 0) is 45.9 Å². The molecule has 5 nitrogen and oxygen atoms in total. The summed E-state index contributed by atoms with van der Waals surface area (Å²) in [6.45, 7) is 0.781. The molecule has 5 aromatic carbocycles. The topological polar surface area (TPSA) is 70.0 Å². The number of aliphatic hydroxyl groups is 2. The first-order chi connectivity index (χ1) is 21.5. The number of methoxy groups -OCH3 is 1. The lowest BCUT2D eigenvalue weighted by molar-refractivity contribution is -0.168. The van der Waals surface area contributed by atoms with Crippen molar-refractivity contribution in [1.29, 1.82) is 0 Å². The molecule has 1 heterocycles. The van der Waals surface area contributed by atoms with Crippen molar-refractivity contribution in [2.24, 2.45) is 11.8 Å². The number of fused-ring (bicyclic) bond motifs is 2. The quantitative estimate of drug-likeness (QED) is 0.253. The molecule has 2 aliphatic rings. The van der Waals surface area contributed by atoms with Crippen LogP contribution in [0.2, 0.25) is 0 Å². The molecule has 7 rings (SSSR count). The first kappa shape index (κ1) is 28.3. The van der Waals surface area contributed by atoms with Gasteiger partial charge in [0, 0.05) is 30.0 Å². The Kier molecular flexibility index (Phi) is 7.23. The van der Waals surface area contributed by atoms with Crippen molar-refractivity contribution >= 4 is 16.7 Å². The summed E-state index contributed by atoms with van der Waals surface area (Å²) in [6.07, 6.45) is -0.559. The number of amides is 1. The van der Waals surface area contributed by atoms with Crippen LogP contribution in [0, 0.1) is 11.8 Å². The van der Waals surface area contributed by atoms with E-state index in [4.69, 9.17) is 4.74 Å². The summed E-state index contributed by atoms with van der Waals surface area (Å²) in [6, 6.07) is 42.2. The van der Waals surface area contributed by atoms with Crippen LogP contribution >= 0.6 is 0 Å². The molecule has 1 aliphatic carbocycles. The summed E-state index contributed by atoms with van der Waals surface area (Å²) >= 11 is 0. The second kappa shape index (κ2) is 11.2. The van der Waals surface area contributed by atoms with Gasteiger partial charge in [-0.3, -0.25) is 4.79 Å². The van der Waals surface area contributed by atoms with E-state index >= 15 is 0 Å². The lowest BCUT2D eigenvalue weighted by Crippen LogP contribution is -2.60. The number of rotatable bonds is 6. The number of hydrogen-bond acceptors (Lipinski definition) is 4. The number of para-hydroxylation sites is 1. The van der Waals surface area contributed by atoms with E-state index in [2.05, 4.69) is 42.5 Å². The summed E-state index contributed by atoms with van der Waals surface area (Å²) in [5.41, 5.74) is 1.44. The molecule has 5 heteroatoms. The van der Waals surface area contributed by atoms with Crippen LogP contribution in [0.25, 0.3) is 10.8 Å². The molecule has 0 bridgehead atoms. The van der Waals surface area contributed by atoms with Gasteiger partial charge in [0.1, 0.15) is 11.4 Å². The average molecular weight is 584 g/mol. The van der Waals surface area contributed by atoms with Crippen molar-refractivity contribution in [3.05, 3.63) is 150 Å². The van der Waals surface area contributed by atoms with Crippen molar-refractivity contribution in [1.82, 2.24) is 4.90 Å². The largest absolute Gasteiger partial charge is 0.496 e. The molecule has 44 heavy (non-hydrogen) atoms. The van der Waals surface area contributed by atoms with Gasteiger partial charge in [-0.25, -0.2) is 0 Å². The Bertz CT molecular complexity index is 1740. The van der Waals surface area contributed by atoms with Crippen LogP contribution in [0.3, 0.4) is 0 Å². The molecule has 1 amide bonds. The molecular formula is C39H37NO4. The molecule has 2 fully saturated rings. The normalized spacial score (nSPS) is 24.2. The minimum absolute atomic E-state index is 0.0163. The number of hydrogen-bond donors (Lipinski definition) is 2. The van der Waals surface area contributed by atoms with Crippen LogP contribution in [0.5, 0.6) is 5.75 Å². The van der Waals surface area contributed by atoms with Crippen LogP contribution in [-0.2, 0) is 22.2 Å². The Morgan fingerprint density at radius 1 is 0.773 bits per heavy atom. The van der Waals surface area contributed by atoms with Crippen LogP contribution in [0.4, 0.5) is 0 Å². The SMILES string of the molecule is COc1ccccc1C1(O)C(O)CC(c2ccccc2)(c2ccccc2)C2CN(C(=O)Cc3cccc4ccccc34)CC21. The van der Waals surface area contributed by atoms with E-state index < -0.39 is 23.0 Å². The predicted octanol–water partition coefficient (Wildman–Crippen LogP) is 6.10. The van der Waals surface area contributed by atoms with Gasteiger partial charge in [0.15, 0.2) is 0 Å². The van der Waals surface area contributed by atoms with Gasteiger partial charge in [-0.15, -0.1) is 0 Å². The Balaban J connectivity index is 1.36. The third kappa shape index (κ3) is 4.42. The Morgan fingerprint density at radius 3 is 2.07 bits per heavy atom. The average Bonchev–Trinajstić information content (AvgIpc) is 3.55. The van der Waals surface area contributed by atoms with Crippen molar-refractivity contribution in [3.8, 4) is 5.75 Å². The molecule has 4 atom stereocenters. The minimum atomic E-state index is -1.63. The number of likely N-dealkylation sites (tertiary alicyclic amines) is 1. The molecule has 222 valence electrons. The molecule has 4 unspecified atom stereocenters. The van der Waals surface area contributed by atoms with Crippen molar-refractivity contribution < 1.29 is 19.7 Å². The van der Waals surface area contributed by atoms with E-state index in [0.717, 1.165) is 27.5 Å². The smallest absolute Gasteiger partial charge is 0.227 e. The fourth-order valence-electron chi connectivity index (χ4n) is 8.19. The molecule has 0 radical (unpaired) electrons. The maximum atomic E-state index is 14.2. The second-order valence-electron chi connectivity index (χ2n) is 12.3. The summed E-state index contributed by atoms with van der Waals surface area (Å²) in [7, 11) is 1.59. The van der Waals surface area contributed by atoms with Gasteiger partial charge in [-0.2, -0.15) is 0 Å². The third-order valence-electron chi connectivity index (χ3n) is 10.2. The van der Waals surface area contributed by atoms with E-state index in [1.807, 2.05) is 89.8 Å². The fraction of sp³-hybridized carbons (Fsp3) is 0.256. The highest BCUT2D eigenvalue weighted by Gasteiger charge is 2.64. The van der Waals surface area contributed by atoms with Crippen LogP contribution in [0.1, 0.15) is 28.7 Å². The van der Waals surface area contributed by atoms with E-state index in [-0.39, 0.29) is 18.2 Å². The standard InChI is InChI=1S/C39H37NO4/c1-44-35-22-11-10-21-32(35)39(43)34-26-40(37(42)23-28-15-12-14-27-13-8-9-20-31(27)28)25-33(34)38(24-36(39)41,29-16-4-2-5-17-29)30-18-6-3-7-19-30/h2-22,33-34,36,41,43H,23-26H2,1H3. The highest BCUT2D eigenvalue weighted by atomic mass is 16.5. The maximum absolute atomic E-state index is 14.2. The van der Waals surface area contributed by atoms with E-state index in [9.17, 15) is 15.0 Å². The predicted molar refractivity (Wildman–Crippen MR) is 172 cm³/mol. The lowest BCUT2D eigenvalue weighted by Gasteiger charge is -2.55. The van der Waals surface area contributed by atoms with Gasteiger partial charge >= 0.3 is 0 Å². The van der Waals surface area contributed by atoms with Gasteiger partial charge in [0.2, 0.25) is 5.91 Å². The van der Waals surface area contributed by atoms with Crippen molar-refractivity contribution in [2.75, 3.05) is 20.2 Å². The number of aliphatic hydroxyl groups excluding tert-OH is 1. The number of ether oxygens (including phenoxy) is 1. The molecular weight excluding hydrogens is 546 g/mol. The summed E-state index contributed by atoms with van der Waals surface area (Å²) in [5.74, 6) is -0.0931. The van der Waals surface area contributed by atoms with E-state index in [0.29, 0.717) is 30.8 Å². The zero-order valence-electron chi connectivity index (χ0n) is 24.8. The van der Waals surface area contributed by atoms with Crippen LogP contribution < -0.4 is 4.74 Å². The fourth-order valence-corrected chi connectivity index (χ4v) is 8.19. The molecule has 2 N–H and O–H groups in total. The highest BCUT2D eigenvalue weighted by molar-refractivity contribution is 5.90.